The second-order valence-corrected chi connectivity index (χ2v) is 4.71. The van der Waals surface area contributed by atoms with Crippen LogP contribution in [0.3, 0.4) is 0 Å². The Kier molecular flexibility index (Phi) is 2.53. The lowest BCUT2D eigenvalue weighted by Crippen LogP contribution is -1.94. The van der Waals surface area contributed by atoms with Crippen LogP contribution in [0.2, 0.25) is 0 Å². The van der Waals surface area contributed by atoms with Gasteiger partial charge in [0.2, 0.25) is 0 Å². The van der Waals surface area contributed by atoms with Crippen LogP contribution >= 0.6 is 11.3 Å². The number of hydrogen-bond donors (Lipinski definition) is 1. The summed E-state index contributed by atoms with van der Waals surface area (Å²) in [6, 6.07) is 7.34. The molecule has 18 heavy (non-hydrogen) atoms. The van der Waals surface area contributed by atoms with Crippen molar-refractivity contribution in [3.8, 4) is 11.1 Å². The van der Waals surface area contributed by atoms with E-state index in [2.05, 4.69) is 9.97 Å². The van der Waals surface area contributed by atoms with Crippen molar-refractivity contribution in [2.75, 3.05) is 0 Å². The molecule has 3 aromatic rings. The number of aromatic nitrogens is 2. The lowest BCUT2D eigenvalue weighted by molar-refractivity contribution is 0.0703. The number of rotatable bonds is 2. The van der Waals surface area contributed by atoms with Crippen LogP contribution in [0.15, 0.2) is 42.9 Å². The van der Waals surface area contributed by atoms with Gasteiger partial charge < -0.3 is 5.11 Å². The first-order chi connectivity index (χ1) is 8.77. The van der Waals surface area contributed by atoms with E-state index in [1.165, 1.54) is 11.3 Å². The quantitative estimate of drug-likeness (QED) is 0.765. The number of carbonyl (C=O) groups is 1. The van der Waals surface area contributed by atoms with Crippen LogP contribution in [0.4, 0.5) is 0 Å². The Morgan fingerprint density at radius 1 is 1.22 bits per heavy atom. The molecule has 0 bridgehead atoms. The van der Waals surface area contributed by atoms with Gasteiger partial charge in [0.25, 0.3) is 0 Å². The normalized spacial score (nSPS) is 10.7. The number of pyridine rings is 2. The highest BCUT2D eigenvalue weighted by Gasteiger charge is 2.19. The Morgan fingerprint density at radius 3 is 2.78 bits per heavy atom. The maximum Gasteiger partial charge on any atom is 0.346 e. The zero-order valence-corrected chi connectivity index (χ0v) is 10.0. The Balaban J connectivity index is 2.38. The van der Waals surface area contributed by atoms with Crippen molar-refractivity contribution >= 4 is 27.5 Å². The summed E-state index contributed by atoms with van der Waals surface area (Å²) >= 11 is 1.19. The number of thiophene rings is 1. The van der Waals surface area contributed by atoms with E-state index < -0.39 is 5.97 Å². The van der Waals surface area contributed by atoms with Crippen LogP contribution in [0.5, 0.6) is 0 Å². The van der Waals surface area contributed by atoms with Crippen molar-refractivity contribution in [3.63, 3.8) is 0 Å². The van der Waals surface area contributed by atoms with Gasteiger partial charge in [-0.2, -0.15) is 0 Å². The molecule has 5 heteroatoms. The van der Waals surface area contributed by atoms with Gasteiger partial charge >= 0.3 is 5.97 Å². The van der Waals surface area contributed by atoms with Crippen LogP contribution < -0.4 is 0 Å². The standard InChI is InChI=1S/C13H8N2O2S/c16-13(17)11-10(8-3-1-5-14-7-8)9-4-2-6-15-12(9)18-11/h1-7H,(H,16,17). The van der Waals surface area contributed by atoms with E-state index in [1.54, 1.807) is 30.7 Å². The van der Waals surface area contributed by atoms with Crippen LogP contribution in [-0.4, -0.2) is 21.0 Å². The smallest absolute Gasteiger partial charge is 0.346 e. The van der Waals surface area contributed by atoms with Gasteiger partial charge in [-0.3, -0.25) is 4.98 Å². The summed E-state index contributed by atoms with van der Waals surface area (Å²) in [5, 5.41) is 10.1. The van der Waals surface area contributed by atoms with E-state index in [-0.39, 0.29) is 0 Å². The Bertz CT molecular complexity index is 722. The summed E-state index contributed by atoms with van der Waals surface area (Å²) in [5.41, 5.74) is 1.50. The summed E-state index contributed by atoms with van der Waals surface area (Å²) < 4.78 is 0. The average molecular weight is 256 g/mol. The molecule has 0 atom stereocenters. The molecule has 0 radical (unpaired) electrons. The number of nitrogens with zero attached hydrogens (tertiary/aromatic N) is 2. The molecule has 0 aliphatic rings. The van der Waals surface area contributed by atoms with Gasteiger partial charge in [-0.25, -0.2) is 9.78 Å². The topological polar surface area (TPSA) is 63.1 Å². The number of hydrogen-bond acceptors (Lipinski definition) is 4. The van der Waals surface area contributed by atoms with Crippen LogP contribution in [0.25, 0.3) is 21.3 Å². The molecule has 0 aliphatic carbocycles. The minimum Gasteiger partial charge on any atom is -0.477 e. The Morgan fingerprint density at radius 2 is 2.06 bits per heavy atom. The van der Waals surface area contributed by atoms with Crippen molar-refractivity contribution in [3.05, 3.63) is 47.7 Å². The zero-order chi connectivity index (χ0) is 12.5. The predicted octanol–water partition coefficient (Wildman–Crippen LogP) is 3.06. The summed E-state index contributed by atoms with van der Waals surface area (Å²) in [7, 11) is 0. The van der Waals surface area contributed by atoms with Crippen molar-refractivity contribution in [2.24, 2.45) is 0 Å². The fourth-order valence-electron chi connectivity index (χ4n) is 1.88. The highest BCUT2D eigenvalue weighted by atomic mass is 32.1. The molecule has 3 rings (SSSR count). The van der Waals surface area contributed by atoms with E-state index in [4.69, 9.17) is 0 Å². The molecule has 0 fully saturated rings. The molecular formula is C13H8N2O2S. The lowest BCUT2D eigenvalue weighted by Gasteiger charge is -2.00. The highest BCUT2D eigenvalue weighted by molar-refractivity contribution is 7.21. The molecular weight excluding hydrogens is 248 g/mol. The van der Waals surface area contributed by atoms with Crippen LogP contribution in [0.1, 0.15) is 9.67 Å². The number of carboxylic acid groups (broad SMARTS) is 1. The van der Waals surface area contributed by atoms with E-state index in [0.717, 1.165) is 15.8 Å². The van der Waals surface area contributed by atoms with Gasteiger partial charge in [0, 0.05) is 35.1 Å². The molecule has 0 aromatic carbocycles. The number of fused-ring (bicyclic) bond motifs is 1. The first-order valence-corrected chi connectivity index (χ1v) is 6.10. The van der Waals surface area contributed by atoms with E-state index >= 15 is 0 Å². The molecule has 0 amide bonds. The molecule has 1 N–H and O–H groups in total. The Labute approximate surface area is 107 Å². The van der Waals surface area contributed by atoms with Crippen molar-refractivity contribution in [1.82, 2.24) is 9.97 Å². The van der Waals surface area contributed by atoms with Gasteiger partial charge in [0.05, 0.1) is 0 Å². The largest absolute Gasteiger partial charge is 0.477 e. The molecule has 0 saturated carbocycles. The molecule has 3 aromatic heterocycles. The molecule has 0 spiro atoms. The first-order valence-electron chi connectivity index (χ1n) is 5.28. The second kappa shape index (κ2) is 4.19. The Hall–Kier alpha value is -2.27. The van der Waals surface area contributed by atoms with Crippen molar-refractivity contribution in [1.29, 1.82) is 0 Å². The second-order valence-electron chi connectivity index (χ2n) is 3.71. The first kappa shape index (κ1) is 10.9. The predicted molar refractivity (Wildman–Crippen MR) is 69.8 cm³/mol. The third-order valence-corrected chi connectivity index (χ3v) is 3.71. The van der Waals surface area contributed by atoms with E-state index in [1.807, 2.05) is 12.1 Å². The minimum absolute atomic E-state index is 0.303. The maximum atomic E-state index is 11.3. The van der Waals surface area contributed by atoms with Crippen LogP contribution in [0, 0.1) is 0 Å². The van der Waals surface area contributed by atoms with Gasteiger partial charge in [0.1, 0.15) is 9.71 Å². The van der Waals surface area contributed by atoms with Crippen molar-refractivity contribution < 1.29 is 9.90 Å². The third-order valence-electron chi connectivity index (χ3n) is 2.61. The van der Waals surface area contributed by atoms with E-state index in [0.29, 0.717) is 10.4 Å². The summed E-state index contributed by atoms with van der Waals surface area (Å²) in [6.45, 7) is 0. The lowest BCUT2D eigenvalue weighted by atomic mass is 10.1. The molecule has 4 nitrogen and oxygen atoms in total. The monoisotopic (exact) mass is 256 g/mol. The van der Waals surface area contributed by atoms with E-state index in [9.17, 15) is 9.90 Å². The molecule has 88 valence electrons. The summed E-state index contributed by atoms with van der Waals surface area (Å²) in [6.07, 6.45) is 5.00. The molecule has 0 saturated heterocycles. The maximum absolute atomic E-state index is 11.3. The van der Waals surface area contributed by atoms with Gasteiger partial charge in [-0.1, -0.05) is 6.07 Å². The summed E-state index contributed by atoms with van der Waals surface area (Å²) in [4.78, 5) is 20.6. The summed E-state index contributed by atoms with van der Waals surface area (Å²) in [5.74, 6) is -0.933. The van der Waals surface area contributed by atoms with Gasteiger partial charge in [0.15, 0.2) is 0 Å². The fourth-order valence-corrected chi connectivity index (χ4v) is 2.88. The minimum atomic E-state index is -0.933. The molecule has 0 aliphatic heterocycles. The molecule has 3 heterocycles. The third kappa shape index (κ3) is 1.65. The van der Waals surface area contributed by atoms with Gasteiger partial charge in [-0.05, 0) is 18.2 Å². The average Bonchev–Trinajstić information content (AvgIpc) is 2.79. The fraction of sp³-hybridized carbons (Fsp3) is 0. The molecule has 0 unspecified atom stereocenters. The van der Waals surface area contributed by atoms with Crippen LogP contribution in [-0.2, 0) is 0 Å². The zero-order valence-electron chi connectivity index (χ0n) is 9.20. The van der Waals surface area contributed by atoms with Gasteiger partial charge in [-0.15, -0.1) is 11.3 Å². The number of aromatic carboxylic acids is 1. The highest BCUT2D eigenvalue weighted by Crippen LogP contribution is 2.37. The van der Waals surface area contributed by atoms with Crippen molar-refractivity contribution in [2.45, 2.75) is 0 Å². The number of carboxylic acids is 1. The SMILES string of the molecule is O=C(O)c1sc2ncccc2c1-c1cccnc1.